The maximum Gasteiger partial charge on any atom is 0.106 e. The van der Waals surface area contributed by atoms with E-state index in [9.17, 15) is 0 Å². The summed E-state index contributed by atoms with van der Waals surface area (Å²) in [5.41, 5.74) is 2.74. The van der Waals surface area contributed by atoms with E-state index in [2.05, 4.69) is 46.1 Å². The first-order valence-electron chi connectivity index (χ1n) is 5.86. The van der Waals surface area contributed by atoms with Crippen LogP contribution in [0.3, 0.4) is 0 Å². The molecular formula is C13H19BrN2. The average molecular weight is 283 g/mol. The van der Waals surface area contributed by atoms with Crippen molar-refractivity contribution in [3.63, 3.8) is 0 Å². The van der Waals surface area contributed by atoms with Gasteiger partial charge in [-0.2, -0.15) is 0 Å². The highest BCUT2D eigenvalue weighted by molar-refractivity contribution is 9.10. The van der Waals surface area contributed by atoms with E-state index in [1.165, 1.54) is 24.9 Å². The zero-order chi connectivity index (χ0) is 11.8. The molecule has 0 amide bonds. The van der Waals surface area contributed by atoms with E-state index in [1.807, 2.05) is 13.0 Å². The first-order chi connectivity index (χ1) is 7.46. The van der Waals surface area contributed by atoms with Crippen molar-refractivity contribution >= 4 is 21.6 Å². The number of nitrogens with one attached hydrogen (secondary N) is 1. The summed E-state index contributed by atoms with van der Waals surface area (Å²) in [5.74, 6) is 0. The Labute approximate surface area is 106 Å². The molecule has 2 rings (SSSR count). The fourth-order valence-electron chi connectivity index (χ4n) is 2.46. The van der Waals surface area contributed by atoms with Crippen LogP contribution < -0.4 is 5.32 Å². The highest BCUT2D eigenvalue weighted by Crippen LogP contribution is 2.38. The van der Waals surface area contributed by atoms with Crippen molar-refractivity contribution in [3.05, 3.63) is 22.4 Å². The summed E-state index contributed by atoms with van der Waals surface area (Å²) in [6, 6.07) is 4.71. The molecule has 1 unspecified atom stereocenters. The summed E-state index contributed by atoms with van der Waals surface area (Å²) >= 11 is 3.39. The van der Waals surface area contributed by atoms with Crippen LogP contribution in [0.15, 0.2) is 16.7 Å². The van der Waals surface area contributed by atoms with Crippen molar-refractivity contribution in [2.24, 2.45) is 5.41 Å². The summed E-state index contributed by atoms with van der Waals surface area (Å²) in [7, 11) is 0. The first kappa shape index (κ1) is 11.9. The minimum atomic E-state index is 0.494. The van der Waals surface area contributed by atoms with Crippen LogP contribution in [0.2, 0.25) is 0 Å². The fourth-order valence-corrected chi connectivity index (χ4v) is 2.86. The second kappa shape index (κ2) is 4.36. The Morgan fingerprint density at radius 3 is 2.75 bits per heavy atom. The van der Waals surface area contributed by atoms with Gasteiger partial charge in [0, 0.05) is 6.04 Å². The molecular weight excluding hydrogens is 264 g/mol. The van der Waals surface area contributed by atoms with Crippen LogP contribution in [-0.4, -0.2) is 11.0 Å². The number of aryl methyl sites for hydroxylation is 1. The number of pyridine rings is 1. The van der Waals surface area contributed by atoms with Gasteiger partial charge >= 0.3 is 0 Å². The minimum absolute atomic E-state index is 0.494. The quantitative estimate of drug-likeness (QED) is 0.825. The van der Waals surface area contributed by atoms with Gasteiger partial charge in [-0.05, 0) is 59.7 Å². The van der Waals surface area contributed by atoms with Crippen molar-refractivity contribution in [2.45, 2.75) is 46.1 Å². The normalized spacial score (nSPS) is 23.4. The third-order valence-electron chi connectivity index (χ3n) is 3.38. The van der Waals surface area contributed by atoms with Crippen LogP contribution in [0.4, 0.5) is 5.69 Å². The lowest BCUT2D eigenvalue weighted by Crippen LogP contribution is -2.18. The molecule has 0 saturated heterocycles. The van der Waals surface area contributed by atoms with Gasteiger partial charge in [-0.1, -0.05) is 13.8 Å². The van der Waals surface area contributed by atoms with Gasteiger partial charge in [0.1, 0.15) is 4.60 Å². The number of rotatable bonds is 2. The monoisotopic (exact) mass is 282 g/mol. The van der Waals surface area contributed by atoms with Gasteiger partial charge in [-0.15, -0.1) is 0 Å². The van der Waals surface area contributed by atoms with Crippen LogP contribution in [0.5, 0.6) is 0 Å². The van der Waals surface area contributed by atoms with E-state index in [1.54, 1.807) is 0 Å². The number of hydrogen-bond donors (Lipinski definition) is 1. The molecule has 3 heteroatoms. The molecule has 1 atom stereocenters. The Kier molecular flexibility index (Phi) is 3.24. The van der Waals surface area contributed by atoms with Gasteiger partial charge in [-0.3, -0.25) is 0 Å². The lowest BCUT2D eigenvalue weighted by atomic mass is 9.92. The van der Waals surface area contributed by atoms with Gasteiger partial charge in [-0.25, -0.2) is 4.98 Å². The van der Waals surface area contributed by atoms with Crippen molar-refractivity contribution in [3.8, 4) is 0 Å². The number of nitrogens with zero attached hydrogens (tertiary/aromatic N) is 1. The third kappa shape index (κ3) is 2.76. The molecule has 1 N–H and O–H groups in total. The average Bonchev–Trinajstić information content (AvgIpc) is 2.51. The van der Waals surface area contributed by atoms with E-state index in [4.69, 9.17) is 0 Å². The Bertz CT molecular complexity index is 388. The molecule has 0 aromatic carbocycles. The van der Waals surface area contributed by atoms with Gasteiger partial charge in [0.25, 0.3) is 0 Å². The van der Waals surface area contributed by atoms with Gasteiger partial charge in [0.05, 0.1) is 11.4 Å². The Balaban J connectivity index is 2.05. The molecule has 0 spiro atoms. The highest BCUT2D eigenvalue weighted by atomic mass is 79.9. The van der Waals surface area contributed by atoms with Crippen LogP contribution in [0, 0.1) is 12.3 Å². The fraction of sp³-hybridized carbons (Fsp3) is 0.615. The van der Waals surface area contributed by atoms with E-state index < -0.39 is 0 Å². The predicted octanol–water partition coefficient (Wildman–Crippen LogP) is 4.14. The molecule has 0 bridgehead atoms. The molecule has 1 saturated carbocycles. The van der Waals surface area contributed by atoms with E-state index in [0.717, 1.165) is 10.3 Å². The molecule has 1 aromatic heterocycles. The summed E-state index contributed by atoms with van der Waals surface area (Å²) in [5, 5.41) is 3.61. The molecule has 1 fully saturated rings. The number of halogens is 1. The maximum atomic E-state index is 4.41. The van der Waals surface area contributed by atoms with Gasteiger partial charge < -0.3 is 5.32 Å². The number of aromatic nitrogens is 1. The summed E-state index contributed by atoms with van der Waals surface area (Å²) in [6.07, 6.45) is 3.83. The van der Waals surface area contributed by atoms with Crippen molar-refractivity contribution in [1.82, 2.24) is 4.98 Å². The summed E-state index contributed by atoms with van der Waals surface area (Å²) in [4.78, 5) is 4.41. The molecule has 1 aromatic rings. The maximum absolute atomic E-state index is 4.41. The van der Waals surface area contributed by atoms with Crippen molar-refractivity contribution < 1.29 is 0 Å². The zero-order valence-electron chi connectivity index (χ0n) is 10.2. The molecule has 2 nitrogen and oxygen atoms in total. The molecule has 1 aliphatic rings. The minimum Gasteiger partial charge on any atom is -0.381 e. The Morgan fingerprint density at radius 1 is 1.44 bits per heavy atom. The van der Waals surface area contributed by atoms with Crippen LogP contribution in [0.1, 0.15) is 38.8 Å². The van der Waals surface area contributed by atoms with Gasteiger partial charge in [0.15, 0.2) is 0 Å². The van der Waals surface area contributed by atoms with E-state index >= 15 is 0 Å². The number of anilines is 1. The predicted molar refractivity (Wildman–Crippen MR) is 71.7 cm³/mol. The first-order valence-corrected chi connectivity index (χ1v) is 6.65. The second-order valence-electron chi connectivity index (χ2n) is 5.52. The van der Waals surface area contributed by atoms with Gasteiger partial charge in [0.2, 0.25) is 0 Å². The lowest BCUT2D eigenvalue weighted by molar-refractivity contribution is 0.378. The zero-order valence-corrected chi connectivity index (χ0v) is 11.8. The smallest absolute Gasteiger partial charge is 0.106 e. The lowest BCUT2D eigenvalue weighted by Gasteiger charge is -2.19. The third-order valence-corrected chi connectivity index (χ3v) is 3.82. The molecule has 1 heterocycles. The molecule has 1 aliphatic carbocycles. The summed E-state index contributed by atoms with van der Waals surface area (Å²) < 4.78 is 0.905. The molecule has 0 radical (unpaired) electrons. The van der Waals surface area contributed by atoms with E-state index in [-0.39, 0.29) is 0 Å². The SMILES string of the molecule is Cc1nc(Br)ccc1NC1CCC(C)(C)C1. The van der Waals surface area contributed by atoms with Crippen LogP contribution >= 0.6 is 15.9 Å². The molecule has 0 aliphatic heterocycles. The largest absolute Gasteiger partial charge is 0.381 e. The molecule has 88 valence electrons. The van der Waals surface area contributed by atoms with Crippen molar-refractivity contribution in [1.29, 1.82) is 0 Å². The van der Waals surface area contributed by atoms with Crippen LogP contribution in [-0.2, 0) is 0 Å². The van der Waals surface area contributed by atoms with Crippen LogP contribution in [0.25, 0.3) is 0 Å². The highest BCUT2D eigenvalue weighted by Gasteiger charge is 2.30. The standard InChI is InChI=1S/C13H19BrN2/c1-9-11(4-5-12(14)15-9)16-10-6-7-13(2,3)8-10/h4-5,10,16H,6-8H2,1-3H3. The summed E-state index contributed by atoms with van der Waals surface area (Å²) in [6.45, 7) is 6.75. The Morgan fingerprint density at radius 2 is 2.19 bits per heavy atom. The second-order valence-corrected chi connectivity index (χ2v) is 6.33. The molecule has 16 heavy (non-hydrogen) atoms. The van der Waals surface area contributed by atoms with Crippen molar-refractivity contribution in [2.75, 3.05) is 5.32 Å². The Hall–Kier alpha value is -0.570. The van der Waals surface area contributed by atoms with E-state index in [0.29, 0.717) is 11.5 Å². The topological polar surface area (TPSA) is 24.9 Å². The number of hydrogen-bond acceptors (Lipinski definition) is 2.